The number of thioether (sulfide) groups is 1. The van der Waals surface area contributed by atoms with Gasteiger partial charge in [-0.15, -0.1) is 0 Å². The highest BCUT2D eigenvalue weighted by molar-refractivity contribution is 7.97. The Morgan fingerprint density at radius 2 is 2.06 bits per heavy atom. The topological polar surface area (TPSA) is 64.9 Å². The van der Waals surface area contributed by atoms with Gasteiger partial charge in [-0.2, -0.15) is 16.7 Å². The Balaban J connectivity index is 2.50. The first-order valence-corrected chi connectivity index (χ1v) is 7.87. The molecule has 2 N–H and O–H groups in total. The van der Waals surface area contributed by atoms with Gasteiger partial charge >= 0.3 is 0 Å². The van der Waals surface area contributed by atoms with Gasteiger partial charge in [0.2, 0.25) is 5.89 Å². The van der Waals surface area contributed by atoms with E-state index in [4.69, 9.17) is 10.3 Å². The standard InChI is InChI=1S/C13H25N3OS/c1-13(2,3)10(7-8-14)5-6-12-15-11(9-18-4)16-17-12/h10H,5-9,14H2,1-4H3. The Bertz CT molecular complexity index is 346. The van der Waals surface area contributed by atoms with Gasteiger partial charge in [-0.05, 0) is 37.0 Å². The molecule has 0 aliphatic rings. The first kappa shape index (κ1) is 15.5. The van der Waals surface area contributed by atoms with Crippen molar-refractivity contribution >= 4 is 11.8 Å². The van der Waals surface area contributed by atoms with Crippen molar-refractivity contribution in [2.45, 2.75) is 45.8 Å². The van der Waals surface area contributed by atoms with Crippen LogP contribution in [0.4, 0.5) is 0 Å². The highest BCUT2D eigenvalue weighted by atomic mass is 32.2. The van der Waals surface area contributed by atoms with E-state index < -0.39 is 0 Å². The molecule has 18 heavy (non-hydrogen) atoms. The highest BCUT2D eigenvalue weighted by Crippen LogP contribution is 2.32. The molecule has 0 aromatic carbocycles. The third kappa shape index (κ3) is 4.98. The summed E-state index contributed by atoms with van der Waals surface area (Å²) in [6, 6.07) is 0. The number of nitrogens with two attached hydrogens (primary N) is 1. The molecule has 1 aromatic rings. The van der Waals surface area contributed by atoms with Crippen LogP contribution in [0.5, 0.6) is 0 Å². The number of hydrogen-bond acceptors (Lipinski definition) is 5. The first-order chi connectivity index (χ1) is 8.47. The molecule has 5 heteroatoms. The van der Waals surface area contributed by atoms with Crippen molar-refractivity contribution < 1.29 is 4.52 Å². The monoisotopic (exact) mass is 271 g/mol. The summed E-state index contributed by atoms with van der Waals surface area (Å²) in [5.74, 6) is 2.96. The van der Waals surface area contributed by atoms with Crippen LogP contribution >= 0.6 is 11.8 Å². The van der Waals surface area contributed by atoms with Crippen molar-refractivity contribution in [2.24, 2.45) is 17.1 Å². The lowest BCUT2D eigenvalue weighted by Crippen LogP contribution is -2.24. The molecular weight excluding hydrogens is 246 g/mol. The van der Waals surface area contributed by atoms with Gasteiger partial charge < -0.3 is 10.3 Å². The van der Waals surface area contributed by atoms with Gasteiger partial charge in [-0.25, -0.2) is 0 Å². The zero-order chi connectivity index (χ0) is 13.6. The van der Waals surface area contributed by atoms with E-state index in [0.29, 0.717) is 5.92 Å². The predicted molar refractivity (Wildman–Crippen MR) is 76.5 cm³/mol. The fraction of sp³-hybridized carbons (Fsp3) is 0.846. The second-order valence-corrected chi connectivity index (χ2v) is 6.58. The average Bonchev–Trinajstić information content (AvgIpc) is 2.71. The molecule has 1 rings (SSSR count). The summed E-state index contributed by atoms with van der Waals surface area (Å²) >= 11 is 1.70. The second-order valence-electron chi connectivity index (χ2n) is 5.72. The van der Waals surface area contributed by atoms with Crippen molar-refractivity contribution in [3.8, 4) is 0 Å². The lowest BCUT2D eigenvalue weighted by Gasteiger charge is -2.30. The van der Waals surface area contributed by atoms with Crippen LogP contribution in [-0.4, -0.2) is 22.9 Å². The summed E-state index contributed by atoms with van der Waals surface area (Å²) in [6.45, 7) is 7.53. The van der Waals surface area contributed by atoms with Crippen molar-refractivity contribution in [1.29, 1.82) is 0 Å². The quantitative estimate of drug-likeness (QED) is 0.826. The Morgan fingerprint density at radius 3 is 2.61 bits per heavy atom. The number of rotatable bonds is 7. The molecule has 0 aliphatic heterocycles. The Morgan fingerprint density at radius 1 is 1.33 bits per heavy atom. The molecule has 1 unspecified atom stereocenters. The van der Waals surface area contributed by atoms with Crippen LogP contribution in [0, 0.1) is 11.3 Å². The van der Waals surface area contributed by atoms with Crippen LogP contribution in [0.15, 0.2) is 4.52 Å². The van der Waals surface area contributed by atoms with Crippen molar-refractivity contribution in [2.75, 3.05) is 12.8 Å². The maximum atomic E-state index is 5.68. The van der Waals surface area contributed by atoms with Crippen molar-refractivity contribution in [1.82, 2.24) is 10.1 Å². The van der Waals surface area contributed by atoms with E-state index >= 15 is 0 Å². The number of hydrogen-bond donors (Lipinski definition) is 1. The van der Waals surface area contributed by atoms with Gasteiger partial charge in [-0.3, -0.25) is 0 Å². The van der Waals surface area contributed by atoms with Gasteiger partial charge in [0.25, 0.3) is 0 Å². The van der Waals surface area contributed by atoms with Crippen molar-refractivity contribution in [3.05, 3.63) is 11.7 Å². The minimum Gasteiger partial charge on any atom is -0.339 e. The molecular formula is C13H25N3OS. The van der Waals surface area contributed by atoms with E-state index in [0.717, 1.165) is 43.3 Å². The lowest BCUT2D eigenvalue weighted by molar-refractivity contribution is 0.208. The summed E-state index contributed by atoms with van der Waals surface area (Å²) in [5.41, 5.74) is 5.96. The predicted octanol–water partition coefficient (Wildman–Crippen LogP) is 2.88. The molecule has 104 valence electrons. The molecule has 0 saturated carbocycles. The second kappa shape index (κ2) is 7.14. The molecule has 0 radical (unpaired) electrons. The van der Waals surface area contributed by atoms with Crippen LogP contribution in [0.25, 0.3) is 0 Å². The first-order valence-electron chi connectivity index (χ1n) is 6.47. The van der Waals surface area contributed by atoms with E-state index in [2.05, 4.69) is 30.9 Å². The van der Waals surface area contributed by atoms with Crippen LogP contribution < -0.4 is 5.73 Å². The SMILES string of the molecule is CSCc1noc(CCC(CCN)C(C)(C)C)n1. The summed E-state index contributed by atoms with van der Waals surface area (Å²) in [6.07, 6.45) is 4.99. The Labute approximate surface area is 114 Å². The van der Waals surface area contributed by atoms with E-state index in [1.165, 1.54) is 0 Å². The molecule has 0 fully saturated rings. The summed E-state index contributed by atoms with van der Waals surface area (Å²) in [5, 5.41) is 3.96. The zero-order valence-corrected chi connectivity index (χ0v) is 12.7. The average molecular weight is 271 g/mol. The molecule has 0 spiro atoms. The number of nitrogens with zero attached hydrogens (tertiary/aromatic N) is 2. The molecule has 0 bridgehead atoms. The van der Waals surface area contributed by atoms with Crippen LogP contribution in [0.2, 0.25) is 0 Å². The van der Waals surface area contributed by atoms with E-state index in [1.54, 1.807) is 11.8 Å². The van der Waals surface area contributed by atoms with Gasteiger partial charge in [-0.1, -0.05) is 25.9 Å². The van der Waals surface area contributed by atoms with Gasteiger partial charge in [0.05, 0.1) is 5.75 Å². The van der Waals surface area contributed by atoms with Crippen LogP contribution in [-0.2, 0) is 12.2 Å². The molecule has 1 atom stereocenters. The van der Waals surface area contributed by atoms with Crippen LogP contribution in [0.1, 0.15) is 45.3 Å². The van der Waals surface area contributed by atoms with E-state index in [-0.39, 0.29) is 5.41 Å². The largest absolute Gasteiger partial charge is 0.339 e. The van der Waals surface area contributed by atoms with Gasteiger partial charge in [0.15, 0.2) is 5.82 Å². The third-order valence-electron chi connectivity index (χ3n) is 3.23. The molecule has 0 amide bonds. The van der Waals surface area contributed by atoms with Crippen LogP contribution in [0.3, 0.4) is 0 Å². The third-order valence-corrected chi connectivity index (χ3v) is 3.78. The minimum atomic E-state index is 0.279. The zero-order valence-electron chi connectivity index (χ0n) is 11.9. The maximum Gasteiger partial charge on any atom is 0.226 e. The van der Waals surface area contributed by atoms with Gasteiger partial charge in [0.1, 0.15) is 0 Å². The fourth-order valence-corrected chi connectivity index (χ4v) is 2.46. The lowest BCUT2D eigenvalue weighted by atomic mass is 9.76. The molecule has 0 aliphatic carbocycles. The maximum absolute atomic E-state index is 5.68. The Hall–Kier alpha value is -0.550. The molecule has 0 saturated heterocycles. The molecule has 1 aromatic heterocycles. The number of aryl methyl sites for hydroxylation is 1. The smallest absolute Gasteiger partial charge is 0.226 e. The summed E-state index contributed by atoms with van der Waals surface area (Å²) in [4.78, 5) is 4.38. The highest BCUT2D eigenvalue weighted by Gasteiger charge is 2.24. The number of aromatic nitrogens is 2. The minimum absolute atomic E-state index is 0.279. The van der Waals surface area contributed by atoms with Crippen molar-refractivity contribution in [3.63, 3.8) is 0 Å². The fourth-order valence-electron chi connectivity index (χ4n) is 2.09. The summed E-state index contributed by atoms with van der Waals surface area (Å²) in [7, 11) is 0. The Kier molecular flexibility index (Phi) is 6.15. The van der Waals surface area contributed by atoms with E-state index in [1.807, 2.05) is 6.26 Å². The molecule has 1 heterocycles. The summed E-state index contributed by atoms with van der Waals surface area (Å²) < 4.78 is 5.25. The van der Waals surface area contributed by atoms with Gasteiger partial charge in [0, 0.05) is 6.42 Å². The van der Waals surface area contributed by atoms with E-state index in [9.17, 15) is 0 Å². The normalized spacial score (nSPS) is 13.8. The molecule has 4 nitrogen and oxygen atoms in total.